The minimum absolute atomic E-state index is 0.172. The van der Waals surface area contributed by atoms with Gasteiger partial charge < -0.3 is 4.98 Å². The summed E-state index contributed by atoms with van der Waals surface area (Å²) in [6.45, 7) is 4.17. The van der Waals surface area contributed by atoms with Gasteiger partial charge in [0, 0.05) is 11.1 Å². The number of nitrogens with zero attached hydrogens (tertiary/aromatic N) is 1. The molecule has 4 heteroatoms. The average molecular weight is 218 g/mol. The maximum atomic E-state index is 11.8. The molecule has 15 heavy (non-hydrogen) atoms. The van der Waals surface area contributed by atoms with Gasteiger partial charge in [-0.25, -0.2) is 0 Å². The molecular formula is C11H10N2OS. The molecule has 0 aliphatic rings. The van der Waals surface area contributed by atoms with Crippen LogP contribution >= 0.6 is 11.3 Å². The van der Waals surface area contributed by atoms with E-state index < -0.39 is 0 Å². The largest absolute Gasteiger partial charge is 0.351 e. The van der Waals surface area contributed by atoms with Crippen LogP contribution in [0.1, 0.15) is 30.2 Å². The van der Waals surface area contributed by atoms with E-state index in [9.17, 15) is 4.79 Å². The summed E-state index contributed by atoms with van der Waals surface area (Å²) in [6, 6.07) is 3.77. The highest BCUT2D eigenvalue weighted by Crippen LogP contribution is 2.27. The van der Waals surface area contributed by atoms with Gasteiger partial charge in [0.05, 0.1) is 5.39 Å². The zero-order valence-corrected chi connectivity index (χ0v) is 9.31. The predicted octanol–water partition coefficient (Wildman–Crippen LogP) is 2.58. The molecule has 2 heterocycles. The highest BCUT2D eigenvalue weighted by atomic mass is 32.1. The molecule has 0 aliphatic carbocycles. The number of pyridine rings is 1. The predicted molar refractivity (Wildman–Crippen MR) is 61.2 cm³/mol. The van der Waals surface area contributed by atoms with E-state index in [4.69, 9.17) is 5.26 Å². The standard InChI is InChI=1S/C11H10N2OS/c1-6(2)9-3-8-10(14)7(4-12)5-13-11(8)15-9/h3,5-6H,1-2H3,(H,13,14). The van der Waals surface area contributed by atoms with E-state index in [0.717, 1.165) is 9.71 Å². The SMILES string of the molecule is CC(C)c1cc2c(=O)c(C#N)c[nH]c2s1. The van der Waals surface area contributed by atoms with E-state index in [0.29, 0.717) is 11.3 Å². The Balaban J connectivity index is 2.78. The normalized spacial score (nSPS) is 10.8. The molecule has 0 fully saturated rings. The first-order valence-electron chi connectivity index (χ1n) is 4.68. The Morgan fingerprint density at radius 2 is 2.27 bits per heavy atom. The third-order valence-corrected chi connectivity index (χ3v) is 3.64. The second-order valence-corrected chi connectivity index (χ2v) is 4.77. The molecule has 2 aromatic rings. The average Bonchev–Trinajstić information content (AvgIpc) is 2.63. The fourth-order valence-corrected chi connectivity index (χ4v) is 2.43. The number of aromatic amines is 1. The van der Waals surface area contributed by atoms with E-state index >= 15 is 0 Å². The van der Waals surface area contributed by atoms with Crippen molar-refractivity contribution < 1.29 is 0 Å². The number of fused-ring (bicyclic) bond motifs is 1. The lowest BCUT2D eigenvalue weighted by Gasteiger charge is -1.95. The number of hydrogen-bond donors (Lipinski definition) is 1. The van der Waals surface area contributed by atoms with Crippen LogP contribution in [0.15, 0.2) is 17.1 Å². The maximum absolute atomic E-state index is 11.8. The van der Waals surface area contributed by atoms with Gasteiger partial charge in [-0.2, -0.15) is 5.26 Å². The summed E-state index contributed by atoms with van der Waals surface area (Å²) in [4.78, 5) is 16.8. The van der Waals surface area contributed by atoms with Crippen molar-refractivity contribution in [3.8, 4) is 6.07 Å². The molecule has 0 saturated carbocycles. The van der Waals surface area contributed by atoms with Gasteiger partial charge in [0.1, 0.15) is 16.5 Å². The number of nitrogens with one attached hydrogen (secondary N) is 1. The molecule has 0 saturated heterocycles. The van der Waals surface area contributed by atoms with Crippen molar-refractivity contribution in [3.05, 3.63) is 32.9 Å². The fraction of sp³-hybridized carbons (Fsp3) is 0.273. The molecule has 0 atom stereocenters. The van der Waals surface area contributed by atoms with Crippen molar-refractivity contribution in [2.45, 2.75) is 19.8 Å². The van der Waals surface area contributed by atoms with Crippen LogP contribution < -0.4 is 5.43 Å². The van der Waals surface area contributed by atoms with Crippen LogP contribution in [-0.2, 0) is 0 Å². The van der Waals surface area contributed by atoms with Crippen LogP contribution in [-0.4, -0.2) is 4.98 Å². The Labute approximate surface area is 91.0 Å². The van der Waals surface area contributed by atoms with Crippen LogP contribution in [0, 0.1) is 11.3 Å². The molecule has 0 aromatic carbocycles. The number of aromatic nitrogens is 1. The number of H-pyrrole nitrogens is 1. The molecule has 0 amide bonds. The molecule has 76 valence electrons. The third kappa shape index (κ3) is 1.55. The summed E-state index contributed by atoms with van der Waals surface area (Å²) in [5.41, 5.74) is 0.00464. The topological polar surface area (TPSA) is 56.6 Å². The lowest BCUT2D eigenvalue weighted by molar-refractivity contribution is 0.890. The highest BCUT2D eigenvalue weighted by Gasteiger charge is 2.10. The van der Waals surface area contributed by atoms with Crippen LogP contribution in [0.2, 0.25) is 0 Å². The van der Waals surface area contributed by atoms with Crippen LogP contribution in [0.25, 0.3) is 10.2 Å². The van der Waals surface area contributed by atoms with Crippen LogP contribution in [0.4, 0.5) is 0 Å². The van der Waals surface area contributed by atoms with Crippen molar-refractivity contribution in [1.82, 2.24) is 4.98 Å². The van der Waals surface area contributed by atoms with E-state index in [1.807, 2.05) is 12.1 Å². The lowest BCUT2D eigenvalue weighted by Crippen LogP contribution is -2.05. The minimum Gasteiger partial charge on any atom is -0.351 e. The van der Waals surface area contributed by atoms with Gasteiger partial charge in [-0.15, -0.1) is 11.3 Å². The number of hydrogen-bond acceptors (Lipinski definition) is 3. The Kier molecular flexibility index (Phi) is 2.33. The monoisotopic (exact) mass is 218 g/mol. The van der Waals surface area contributed by atoms with E-state index in [2.05, 4.69) is 18.8 Å². The zero-order chi connectivity index (χ0) is 11.0. The summed E-state index contributed by atoms with van der Waals surface area (Å²) in [5, 5.41) is 9.35. The molecule has 3 nitrogen and oxygen atoms in total. The third-order valence-electron chi connectivity index (χ3n) is 2.28. The second kappa shape index (κ2) is 3.52. The smallest absolute Gasteiger partial charge is 0.208 e. The first kappa shape index (κ1) is 9.94. The van der Waals surface area contributed by atoms with Crippen LogP contribution in [0.5, 0.6) is 0 Å². The highest BCUT2D eigenvalue weighted by molar-refractivity contribution is 7.18. The van der Waals surface area contributed by atoms with Gasteiger partial charge in [-0.1, -0.05) is 13.8 Å². The Hall–Kier alpha value is -1.60. The Morgan fingerprint density at radius 1 is 1.53 bits per heavy atom. The van der Waals surface area contributed by atoms with Crippen molar-refractivity contribution in [3.63, 3.8) is 0 Å². The van der Waals surface area contributed by atoms with Crippen LogP contribution in [0.3, 0.4) is 0 Å². The zero-order valence-electron chi connectivity index (χ0n) is 8.50. The van der Waals surface area contributed by atoms with Crippen molar-refractivity contribution >= 4 is 21.6 Å². The van der Waals surface area contributed by atoms with Crippen molar-refractivity contribution in [2.24, 2.45) is 0 Å². The molecular weight excluding hydrogens is 208 g/mol. The number of nitriles is 1. The molecule has 0 aliphatic heterocycles. The lowest BCUT2D eigenvalue weighted by atomic mass is 10.1. The molecule has 0 bridgehead atoms. The molecule has 2 rings (SSSR count). The van der Waals surface area contributed by atoms with Gasteiger partial charge in [0.2, 0.25) is 5.43 Å². The quantitative estimate of drug-likeness (QED) is 0.799. The minimum atomic E-state index is -0.172. The van der Waals surface area contributed by atoms with E-state index in [1.165, 1.54) is 6.20 Å². The number of rotatable bonds is 1. The summed E-state index contributed by atoms with van der Waals surface area (Å²) in [7, 11) is 0. The molecule has 0 unspecified atom stereocenters. The maximum Gasteiger partial charge on any atom is 0.208 e. The van der Waals surface area contributed by atoms with Gasteiger partial charge in [0.15, 0.2) is 0 Å². The van der Waals surface area contributed by atoms with Gasteiger partial charge in [0.25, 0.3) is 0 Å². The molecule has 0 spiro atoms. The Morgan fingerprint density at radius 3 is 2.87 bits per heavy atom. The fourth-order valence-electron chi connectivity index (χ4n) is 1.40. The summed E-state index contributed by atoms with van der Waals surface area (Å²) < 4.78 is 0. The first-order chi connectivity index (χ1) is 7.13. The summed E-state index contributed by atoms with van der Waals surface area (Å²) in [6.07, 6.45) is 1.48. The van der Waals surface area contributed by atoms with Gasteiger partial charge >= 0.3 is 0 Å². The molecule has 1 N–H and O–H groups in total. The van der Waals surface area contributed by atoms with Crippen molar-refractivity contribution in [1.29, 1.82) is 5.26 Å². The summed E-state index contributed by atoms with van der Waals surface area (Å²) in [5.74, 6) is 0.403. The first-order valence-corrected chi connectivity index (χ1v) is 5.50. The summed E-state index contributed by atoms with van der Waals surface area (Å²) >= 11 is 1.57. The number of thiophene rings is 1. The van der Waals surface area contributed by atoms with Gasteiger partial charge in [-0.05, 0) is 12.0 Å². The van der Waals surface area contributed by atoms with E-state index in [-0.39, 0.29) is 11.0 Å². The van der Waals surface area contributed by atoms with Crippen molar-refractivity contribution in [2.75, 3.05) is 0 Å². The second-order valence-electron chi connectivity index (χ2n) is 3.69. The van der Waals surface area contributed by atoms with E-state index in [1.54, 1.807) is 11.3 Å². The molecule has 2 aromatic heterocycles. The Bertz CT molecular complexity index is 601. The molecule has 0 radical (unpaired) electrons. The van der Waals surface area contributed by atoms with Gasteiger partial charge in [-0.3, -0.25) is 4.79 Å².